The Labute approximate surface area is 167 Å². The molecule has 0 amide bonds. The van der Waals surface area contributed by atoms with E-state index in [1.165, 1.54) is 17.3 Å². The smallest absolute Gasteiger partial charge is 0.198 e. The summed E-state index contributed by atoms with van der Waals surface area (Å²) in [6, 6.07) is 27.8. The molecule has 6 heteroatoms. The summed E-state index contributed by atoms with van der Waals surface area (Å²) in [6.07, 6.45) is 0. The van der Waals surface area contributed by atoms with Crippen LogP contribution in [0.4, 0.5) is 0 Å². The Kier molecular flexibility index (Phi) is 5.18. The minimum Gasteiger partial charge on any atom is -0.294 e. The van der Waals surface area contributed by atoms with E-state index < -0.39 is 0 Å². The largest absolute Gasteiger partial charge is 0.294 e. The molecule has 0 aliphatic heterocycles. The van der Waals surface area contributed by atoms with Gasteiger partial charge in [-0.3, -0.25) is 4.57 Å². The molecule has 2 aromatic carbocycles. The average Bonchev–Trinajstić information content (AvgIpc) is 3.18. The molecule has 28 heavy (non-hydrogen) atoms. The predicted octanol–water partition coefficient (Wildman–Crippen LogP) is 4.97. The third kappa shape index (κ3) is 3.66. The standard InChI is InChI=1S/C22H17N5S/c1-16(17-9-4-2-5-10-17)27-21(18-11-6-3-7-12-18)25-26-22(27)28-20-14-8-13-19(15-23)24-20/h2-14,16H,1H3. The van der Waals surface area contributed by atoms with Crippen molar-refractivity contribution in [2.45, 2.75) is 23.1 Å². The molecule has 0 aliphatic rings. The van der Waals surface area contributed by atoms with Crippen LogP contribution in [-0.2, 0) is 0 Å². The number of nitriles is 1. The fourth-order valence-electron chi connectivity index (χ4n) is 2.99. The molecule has 4 aromatic rings. The van der Waals surface area contributed by atoms with Crippen molar-refractivity contribution < 1.29 is 0 Å². The van der Waals surface area contributed by atoms with Crippen LogP contribution in [0, 0.1) is 11.3 Å². The van der Waals surface area contributed by atoms with Crippen molar-refractivity contribution in [1.82, 2.24) is 19.7 Å². The zero-order valence-corrected chi connectivity index (χ0v) is 16.0. The summed E-state index contributed by atoms with van der Waals surface area (Å²) in [4.78, 5) is 4.36. The Balaban J connectivity index is 1.80. The van der Waals surface area contributed by atoms with Crippen LogP contribution in [0.2, 0.25) is 0 Å². The molecule has 4 rings (SSSR count). The van der Waals surface area contributed by atoms with Crippen molar-refractivity contribution in [3.63, 3.8) is 0 Å². The van der Waals surface area contributed by atoms with Gasteiger partial charge in [0.15, 0.2) is 11.0 Å². The summed E-state index contributed by atoms with van der Waals surface area (Å²) in [7, 11) is 0. The number of hydrogen-bond acceptors (Lipinski definition) is 5. The number of pyridine rings is 1. The lowest BCUT2D eigenvalue weighted by Gasteiger charge is -2.18. The average molecular weight is 383 g/mol. The molecule has 2 heterocycles. The minimum atomic E-state index is 0.0352. The molecular formula is C22H17N5S. The van der Waals surface area contributed by atoms with Crippen molar-refractivity contribution in [3.05, 3.63) is 90.1 Å². The van der Waals surface area contributed by atoms with E-state index in [0.717, 1.165) is 16.5 Å². The summed E-state index contributed by atoms with van der Waals surface area (Å²) < 4.78 is 2.12. The fraction of sp³-hybridized carbons (Fsp3) is 0.0909. The summed E-state index contributed by atoms with van der Waals surface area (Å²) >= 11 is 1.41. The van der Waals surface area contributed by atoms with Gasteiger partial charge in [-0.25, -0.2) is 4.98 Å². The second kappa shape index (κ2) is 8.07. The lowest BCUT2D eigenvalue weighted by molar-refractivity contribution is 0.588. The minimum absolute atomic E-state index is 0.0352. The molecule has 0 fully saturated rings. The number of aromatic nitrogens is 4. The number of rotatable bonds is 5. The first-order valence-corrected chi connectivity index (χ1v) is 9.68. The van der Waals surface area contributed by atoms with Gasteiger partial charge in [-0.2, -0.15) is 5.26 Å². The molecular weight excluding hydrogens is 366 g/mol. The molecule has 0 radical (unpaired) electrons. The molecule has 2 aromatic heterocycles. The Morgan fingerprint density at radius 2 is 1.61 bits per heavy atom. The van der Waals surface area contributed by atoms with Crippen LogP contribution >= 0.6 is 11.8 Å². The highest BCUT2D eigenvalue weighted by Gasteiger charge is 2.21. The highest BCUT2D eigenvalue weighted by Crippen LogP contribution is 2.33. The summed E-state index contributed by atoms with van der Waals surface area (Å²) in [6.45, 7) is 2.13. The van der Waals surface area contributed by atoms with Gasteiger partial charge in [0.2, 0.25) is 0 Å². The van der Waals surface area contributed by atoms with Crippen molar-refractivity contribution in [2.24, 2.45) is 0 Å². The maximum absolute atomic E-state index is 9.12. The maximum atomic E-state index is 9.12. The molecule has 0 aliphatic carbocycles. The molecule has 0 saturated carbocycles. The van der Waals surface area contributed by atoms with E-state index in [1.807, 2.05) is 60.7 Å². The number of nitrogens with zero attached hydrogens (tertiary/aromatic N) is 5. The predicted molar refractivity (Wildman–Crippen MR) is 109 cm³/mol. The zero-order valence-electron chi connectivity index (χ0n) is 15.2. The van der Waals surface area contributed by atoms with Gasteiger partial charge in [0, 0.05) is 5.56 Å². The van der Waals surface area contributed by atoms with Gasteiger partial charge in [0.05, 0.1) is 6.04 Å². The van der Waals surface area contributed by atoms with Gasteiger partial charge >= 0.3 is 0 Å². The van der Waals surface area contributed by atoms with Crippen LogP contribution < -0.4 is 0 Å². The van der Waals surface area contributed by atoms with Gasteiger partial charge in [-0.05, 0) is 36.4 Å². The van der Waals surface area contributed by atoms with Gasteiger partial charge in [0.1, 0.15) is 16.8 Å². The third-order valence-electron chi connectivity index (χ3n) is 4.40. The normalized spacial score (nSPS) is 11.7. The van der Waals surface area contributed by atoms with Crippen LogP contribution in [0.1, 0.15) is 24.2 Å². The number of benzene rings is 2. The topological polar surface area (TPSA) is 67.4 Å². The Hall–Kier alpha value is -3.43. The zero-order chi connectivity index (χ0) is 19.3. The highest BCUT2D eigenvalue weighted by molar-refractivity contribution is 7.99. The Bertz CT molecular complexity index is 1120. The van der Waals surface area contributed by atoms with E-state index >= 15 is 0 Å². The van der Waals surface area contributed by atoms with Crippen LogP contribution in [-0.4, -0.2) is 19.7 Å². The van der Waals surface area contributed by atoms with Crippen molar-refractivity contribution >= 4 is 11.8 Å². The first-order valence-electron chi connectivity index (χ1n) is 8.86. The first kappa shape index (κ1) is 18.0. The summed E-state index contributed by atoms with van der Waals surface area (Å²) in [5.74, 6) is 0.802. The quantitative estimate of drug-likeness (QED) is 0.487. The van der Waals surface area contributed by atoms with E-state index in [9.17, 15) is 0 Å². The Morgan fingerprint density at radius 3 is 2.32 bits per heavy atom. The molecule has 1 atom stereocenters. The molecule has 0 spiro atoms. The van der Waals surface area contributed by atoms with Crippen LogP contribution in [0.5, 0.6) is 0 Å². The van der Waals surface area contributed by atoms with E-state index in [1.54, 1.807) is 6.07 Å². The van der Waals surface area contributed by atoms with Crippen LogP contribution in [0.15, 0.2) is 89.0 Å². The summed E-state index contributed by atoms with van der Waals surface area (Å²) in [5, 5.41) is 19.5. The second-order valence-electron chi connectivity index (χ2n) is 6.20. The summed E-state index contributed by atoms with van der Waals surface area (Å²) in [5.41, 5.74) is 2.55. The van der Waals surface area contributed by atoms with Crippen LogP contribution in [0.3, 0.4) is 0 Å². The van der Waals surface area contributed by atoms with Crippen molar-refractivity contribution in [1.29, 1.82) is 5.26 Å². The van der Waals surface area contributed by atoms with E-state index in [-0.39, 0.29) is 6.04 Å². The highest BCUT2D eigenvalue weighted by atomic mass is 32.2. The van der Waals surface area contributed by atoms with Gasteiger partial charge in [-0.1, -0.05) is 66.7 Å². The second-order valence-corrected chi connectivity index (χ2v) is 7.19. The third-order valence-corrected chi connectivity index (χ3v) is 5.30. The first-order chi connectivity index (χ1) is 13.8. The van der Waals surface area contributed by atoms with Gasteiger partial charge in [-0.15, -0.1) is 10.2 Å². The van der Waals surface area contributed by atoms with Crippen LogP contribution in [0.25, 0.3) is 11.4 Å². The maximum Gasteiger partial charge on any atom is 0.198 e. The lowest BCUT2D eigenvalue weighted by Crippen LogP contribution is -2.10. The Morgan fingerprint density at radius 1 is 0.893 bits per heavy atom. The van der Waals surface area contributed by atoms with Crippen molar-refractivity contribution in [2.75, 3.05) is 0 Å². The van der Waals surface area contributed by atoms with E-state index in [2.05, 4.69) is 44.9 Å². The van der Waals surface area contributed by atoms with E-state index in [4.69, 9.17) is 5.26 Å². The molecule has 5 nitrogen and oxygen atoms in total. The van der Waals surface area contributed by atoms with E-state index in [0.29, 0.717) is 10.7 Å². The van der Waals surface area contributed by atoms with Crippen molar-refractivity contribution in [3.8, 4) is 17.5 Å². The van der Waals surface area contributed by atoms with Gasteiger partial charge in [0.25, 0.3) is 0 Å². The number of hydrogen-bond donors (Lipinski definition) is 0. The monoisotopic (exact) mass is 383 g/mol. The fourth-order valence-corrected chi connectivity index (χ4v) is 3.89. The van der Waals surface area contributed by atoms with Gasteiger partial charge < -0.3 is 0 Å². The molecule has 0 N–H and O–H groups in total. The molecule has 136 valence electrons. The molecule has 1 unspecified atom stereocenters. The lowest BCUT2D eigenvalue weighted by atomic mass is 10.1. The molecule has 0 saturated heterocycles. The SMILES string of the molecule is CC(c1ccccc1)n1c(Sc2cccc(C#N)n2)nnc1-c1ccccc1. The molecule has 0 bridgehead atoms.